The molecule has 0 aromatic carbocycles. The van der Waals surface area contributed by atoms with Gasteiger partial charge in [-0.05, 0) is 48.5 Å². The molecule has 6 rings (SSSR count). The van der Waals surface area contributed by atoms with Gasteiger partial charge in [-0.3, -0.25) is 20.2 Å². The van der Waals surface area contributed by atoms with Gasteiger partial charge in [0.05, 0.1) is 0 Å². The molecule has 0 aliphatic rings. The van der Waals surface area contributed by atoms with Gasteiger partial charge in [-0.1, -0.05) is 24.4 Å². The summed E-state index contributed by atoms with van der Waals surface area (Å²) in [5.74, 6) is 2.56. The van der Waals surface area contributed by atoms with Gasteiger partial charge in [0.1, 0.15) is 9.98 Å². The van der Waals surface area contributed by atoms with Crippen molar-refractivity contribution in [1.82, 2.24) is 49.1 Å². The van der Waals surface area contributed by atoms with Crippen molar-refractivity contribution in [3.05, 3.63) is 129 Å². The maximum atomic E-state index is 9.75. The Morgan fingerprint density at radius 1 is 0.561 bits per heavy atom. The largest absolute Gasteiger partial charge is 2.00 e. The number of nitro groups is 2. The first-order chi connectivity index (χ1) is 25.9. The third-order valence-corrected chi connectivity index (χ3v) is 5.59. The zero-order chi connectivity index (χ0) is 42.6. The first-order valence-corrected chi connectivity index (χ1v) is 15.3. The fraction of sp³-hybridized carbons (Fsp3) is 0.0769. The summed E-state index contributed by atoms with van der Waals surface area (Å²) in [6, 6.07) is 14.5. The molecule has 0 radical (unpaired) electrons. The summed E-state index contributed by atoms with van der Waals surface area (Å²) in [6.45, 7) is 0. The molecule has 0 aliphatic heterocycles. The Morgan fingerprint density at radius 2 is 0.737 bits per heavy atom. The number of nitrogens with two attached hydrogens (primary N) is 2. The van der Waals surface area contributed by atoms with Crippen LogP contribution in [0.15, 0.2) is 98.1 Å². The Hall–Kier alpha value is -6.19. The number of hydrogen-bond donors (Lipinski definition) is 2. The Bertz CT molecular complexity index is 1840. The molecule has 57 heavy (non-hydrogen) atoms. The number of nitrogens with zero attached hydrogens (tertiary/aromatic N) is 12. The molecule has 0 saturated carbocycles. The van der Waals surface area contributed by atoms with E-state index in [0.717, 1.165) is 25.2 Å². The summed E-state index contributed by atoms with van der Waals surface area (Å²) in [6.07, 6.45) is 13.9. The Balaban J connectivity index is 0.000000768. The van der Waals surface area contributed by atoms with Crippen molar-refractivity contribution in [1.29, 1.82) is 0 Å². The van der Waals surface area contributed by atoms with Crippen LogP contribution in [0.4, 0.5) is 34.5 Å². The molecule has 31 heteroatoms. The average Bonchev–Trinajstić information content (AvgIpc) is 3.91. The van der Waals surface area contributed by atoms with E-state index < -0.39 is 24.4 Å². The number of pyridine rings is 2. The minimum atomic E-state index is -6.00. The van der Waals surface area contributed by atoms with E-state index in [-0.39, 0.29) is 17.1 Å². The predicted molar refractivity (Wildman–Crippen MR) is 195 cm³/mol. The van der Waals surface area contributed by atoms with E-state index in [0.29, 0.717) is 33.2 Å². The van der Waals surface area contributed by atoms with Gasteiger partial charge in [0.15, 0.2) is 37.4 Å². The molecule has 0 spiro atoms. The minimum Gasteiger partial charge on any atom is -0.418 e. The van der Waals surface area contributed by atoms with Crippen molar-refractivity contribution in [3.63, 3.8) is 0 Å². The monoisotopic (exact) mass is 892 g/mol. The van der Waals surface area contributed by atoms with Gasteiger partial charge in [0.2, 0.25) is 0 Å². The normalized spacial score (nSPS) is 10.0. The van der Waals surface area contributed by atoms with Crippen LogP contribution in [0.5, 0.6) is 0 Å². The van der Waals surface area contributed by atoms with Crippen molar-refractivity contribution in [2.75, 3.05) is 14.1 Å². The SMILES string of the molecule is C[N+](=O)[O-].C[N+](=O)[O-].F[B-](F)(F)F.F[B-](F)(F)F.NC(=S)c1cc(-n2cccn2)nc(-n2cccn2)c1.NC(=S)c1cc(-n2cccn2)nc(-n2cccn2)c1.[Fe+2]. The molecule has 0 fully saturated rings. The first kappa shape index (κ1) is 50.8. The van der Waals surface area contributed by atoms with Crippen LogP contribution in [0.25, 0.3) is 23.3 Å². The molecule has 0 atom stereocenters. The molecular formula is C26H26B2F8FeN14O4S2. The smallest absolute Gasteiger partial charge is 0.418 e. The van der Waals surface area contributed by atoms with Crippen LogP contribution in [0, 0.1) is 20.2 Å². The third-order valence-electron chi connectivity index (χ3n) is 5.12. The van der Waals surface area contributed by atoms with E-state index in [1.54, 1.807) is 92.6 Å². The van der Waals surface area contributed by atoms with Crippen LogP contribution in [0.1, 0.15) is 11.1 Å². The van der Waals surface area contributed by atoms with Gasteiger partial charge in [-0.2, -0.15) is 20.4 Å². The van der Waals surface area contributed by atoms with E-state index in [9.17, 15) is 34.5 Å². The minimum absolute atomic E-state index is 0. The molecule has 18 nitrogen and oxygen atoms in total. The molecule has 4 N–H and O–H groups in total. The maximum absolute atomic E-state index is 9.75. The molecule has 306 valence electrons. The third kappa shape index (κ3) is 23.4. The second kappa shape index (κ2) is 24.3. The van der Waals surface area contributed by atoms with Crippen LogP contribution < -0.4 is 11.5 Å². The number of thiocarbonyl (C=S) groups is 2. The molecule has 0 aliphatic carbocycles. The van der Waals surface area contributed by atoms with Gasteiger partial charge < -0.3 is 46.0 Å². The molecule has 0 unspecified atom stereocenters. The van der Waals surface area contributed by atoms with Gasteiger partial charge >= 0.3 is 31.6 Å². The van der Waals surface area contributed by atoms with Gasteiger partial charge in [-0.15, -0.1) is 0 Å². The topological polar surface area (TPSA) is 235 Å². The van der Waals surface area contributed by atoms with Crippen molar-refractivity contribution in [3.8, 4) is 23.3 Å². The fourth-order valence-corrected chi connectivity index (χ4v) is 3.61. The van der Waals surface area contributed by atoms with Crippen molar-refractivity contribution in [2.45, 2.75) is 0 Å². The Kier molecular flexibility index (Phi) is 21.7. The number of rotatable bonds is 6. The standard InChI is InChI=1S/2C12H10N6S.2CH3NO2.2BF4.Fe/c2*13-12(19)9-7-10(17-5-1-3-14-17)16-11(8-9)18-6-2-4-15-18;2*1-2(3)4;2*2-1(3,4)5;/h2*1-8H,(H2,13,19);2*1H3;;;/q;;;;2*-1;+2. The molecule has 6 heterocycles. The predicted octanol–water partition coefficient (Wildman–Crippen LogP) is 4.56. The quantitative estimate of drug-likeness (QED) is 0.0768. The molecule has 6 aromatic heterocycles. The number of hydrogen-bond acceptors (Lipinski definition) is 12. The van der Waals surface area contributed by atoms with Crippen LogP contribution in [0.3, 0.4) is 0 Å². The van der Waals surface area contributed by atoms with E-state index in [1.807, 2.05) is 24.3 Å². The van der Waals surface area contributed by atoms with Crippen LogP contribution in [0.2, 0.25) is 0 Å². The molecule has 6 aromatic rings. The summed E-state index contributed by atoms with van der Waals surface area (Å²) in [5, 5.41) is 34.2. The van der Waals surface area contributed by atoms with Crippen molar-refractivity contribution < 1.29 is 61.4 Å². The van der Waals surface area contributed by atoms with Crippen LogP contribution in [-0.4, -0.2) is 97.5 Å². The zero-order valence-corrected chi connectivity index (χ0v) is 31.5. The summed E-state index contributed by atoms with van der Waals surface area (Å²) in [5.41, 5.74) is 12.9. The summed E-state index contributed by atoms with van der Waals surface area (Å²) in [7, 11) is -10.2. The van der Waals surface area contributed by atoms with Gasteiger partial charge in [0, 0.05) is 70.5 Å². The van der Waals surface area contributed by atoms with Gasteiger partial charge in [0.25, 0.3) is 0 Å². The molecule has 0 saturated heterocycles. The second-order valence-corrected chi connectivity index (χ2v) is 10.4. The first-order valence-electron chi connectivity index (χ1n) is 14.5. The molecular weight excluding hydrogens is 866 g/mol. The summed E-state index contributed by atoms with van der Waals surface area (Å²) in [4.78, 5) is 26.2. The van der Waals surface area contributed by atoms with Crippen LogP contribution >= 0.6 is 24.4 Å². The zero-order valence-electron chi connectivity index (χ0n) is 28.7. The van der Waals surface area contributed by atoms with Crippen LogP contribution in [-0.2, 0) is 17.1 Å². The van der Waals surface area contributed by atoms with Gasteiger partial charge in [-0.25, -0.2) is 28.7 Å². The average molecular weight is 892 g/mol. The van der Waals surface area contributed by atoms with Crippen molar-refractivity contribution in [2.24, 2.45) is 11.5 Å². The summed E-state index contributed by atoms with van der Waals surface area (Å²) >= 11 is 10.1. The summed E-state index contributed by atoms with van der Waals surface area (Å²) < 4.78 is 84.6. The molecule has 0 amide bonds. The Morgan fingerprint density at radius 3 is 0.860 bits per heavy atom. The van der Waals surface area contributed by atoms with E-state index >= 15 is 0 Å². The van der Waals surface area contributed by atoms with E-state index in [2.05, 4.69) is 30.4 Å². The number of aromatic nitrogens is 10. The maximum Gasteiger partial charge on any atom is 2.00 e. The van der Waals surface area contributed by atoms with E-state index in [1.165, 1.54) is 0 Å². The number of halogens is 8. The van der Waals surface area contributed by atoms with Crippen molar-refractivity contribution >= 4 is 48.9 Å². The Labute approximate surface area is 336 Å². The molecule has 0 bridgehead atoms. The second-order valence-electron chi connectivity index (χ2n) is 9.54. The fourth-order valence-electron chi connectivity index (χ4n) is 3.37. The van der Waals surface area contributed by atoms with E-state index in [4.69, 9.17) is 56.1 Å².